The van der Waals surface area contributed by atoms with Gasteiger partial charge >= 0.3 is 0 Å². The Morgan fingerprint density at radius 2 is 0.838 bits per heavy atom. The average molecular weight is 961 g/mol. The van der Waals surface area contributed by atoms with E-state index in [-0.39, 0.29) is 12.5 Å². The maximum Gasteiger partial charge on any atom is 0.220 e. The molecule has 1 rings (SSSR count). The molecule has 6 N–H and O–H groups in total. The van der Waals surface area contributed by atoms with Gasteiger partial charge in [-0.1, -0.05) is 236 Å². The lowest BCUT2D eigenvalue weighted by atomic mass is 9.99. The maximum absolute atomic E-state index is 13.0. The molecule has 0 bridgehead atoms. The molecule has 0 aromatic heterocycles. The van der Waals surface area contributed by atoms with Crippen LogP contribution in [0.2, 0.25) is 0 Å². The number of ether oxygens (including phenoxy) is 2. The first-order valence-electron chi connectivity index (χ1n) is 28.9. The van der Waals surface area contributed by atoms with Gasteiger partial charge in [-0.25, -0.2) is 0 Å². The summed E-state index contributed by atoms with van der Waals surface area (Å²) in [6.45, 7) is 3.78. The summed E-state index contributed by atoms with van der Waals surface area (Å²) in [5.41, 5.74) is 0. The Kier molecular flexibility index (Phi) is 46.0. The van der Waals surface area contributed by atoms with Gasteiger partial charge in [-0.3, -0.25) is 4.79 Å². The lowest BCUT2D eigenvalue weighted by Crippen LogP contribution is -2.60. The molecular weight excluding hydrogens is 851 g/mol. The van der Waals surface area contributed by atoms with Crippen LogP contribution in [-0.4, -0.2) is 87.5 Å². The molecule has 0 aliphatic carbocycles. The Morgan fingerprint density at radius 1 is 0.485 bits per heavy atom. The first-order valence-corrected chi connectivity index (χ1v) is 28.9. The number of carbonyl (C=O) groups is 1. The molecule has 7 unspecified atom stereocenters. The minimum absolute atomic E-state index is 0.190. The molecule has 0 aromatic rings. The number of aliphatic hydroxyl groups excluding tert-OH is 5. The zero-order valence-electron chi connectivity index (χ0n) is 44.1. The van der Waals surface area contributed by atoms with Gasteiger partial charge in [0.05, 0.1) is 25.4 Å². The van der Waals surface area contributed by atoms with E-state index in [2.05, 4.69) is 55.6 Å². The largest absolute Gasteiger partial charge is 0.394 e. The zero-order chi connectivity index (χ0) is 49.4. The van der Waals surface area contributed by atoms with Gasteiger partial charge in [0, 0.05) is 6.42 Å². The van der Waals surface area contributed by atoms with E-state index >= 15 is 0 Å². The molecular formula is C59H109NO8. The highest BCUT2D eigenvalue weighted by molar-refractivity contribution is 5.76. The number of hydrogen-bond donors (Lipinski definition) is 6. The molecule has 0 radical (unpaired) electrons. The predicted molar refractivity (Wildman–Crippen MR) is 286 cm³/mol. The minimum atomic E-state index is -1.58. The topological polar surface area (TPSA) is 149 Å². The van der Waals surface area contributed by atoms with Crippen molar-refractivity contribution < 1.29 is 39.8 Å². The molecule has 7 atom stereocenters. The Balaban J connectivity index is 2.27. The standard InChI is InChI=1S/C59H109NO8/c1-3-5-7-9-11-13-15-17-19-21-23-25-27-29-31-33-35-37-39-41-43-45-47-49-55(63)60-52(51-67-59-58(66)57(65)56(64)54(50-61)68-59)53(62)48-46-44-42-40-38-36-34-32-30-28-26-24-22-20-18-16-14-12-10-8-6-4-2/h21,23,30,32,38,40,46,48,52-54,56-59,61-62,64-66H,3-20,22,24-29,31,33-37,39,41-45,47,49-51H2,1-2H3,(H,60,63)/b23-21-,32-30+,40-38+,48-46+. The van der Waals surface area contributed by atoms with Gasteiger partial charge in [-0.2, -0.15) is 0 Å². The van der Waals surface area contributed by atoms with Crippen molar-refractivity contribution in [2.45, 2.75) is 307 Å². The second kappa shape index (κ2) is 48.8. The van der Waals surface area contributed by atoms with E-state index in [1.54, 1.807) is 6.08 Å². The first-order chi connectivity index (χ1) is 33.3. The van der Waals surface area contributed by atoms with Crippen LogP contribution in [0, 0.1) is 0 Å². The quantitative estimate of drug-likeness (QED) is 0.0261. The van der Waals surface area contributed by atoms with E-state index in [4.69, 9.17) is 9.47 Å². The third kappa shape index (κ3) is 37.9. The van der Waals surface area contributed by atoms with Crippen molar-refractivity contribution in [3.05, 3.63) is 48.6 Å². The summed E-state index contributed by atoms with van der Waals surface area (Å²) in [7, 11) is 0. The summed E-state index contributed by atoms with van der Waals surface area (Å²) in [5, 5.41) is 54.5. The van der Waals surface area contributed by atoms with Gasteiger partial charge in [0.25, 0.3) is 0 Å². The molecule has 1 aliphatic heterocycles. The molecule has 1 saturated heterocycles. The highest BCUT2D eigenvalue weighted by Crippen LogP contribution is 2.23. The minimum Gasteiger partial charge on any atom is -0.394 e. The third-order valence-electron chi connectivity index (χ3n) is 13.6. The van der Waals surface area contributed by atoms with Crippen molar-refractivity contribution in [3.8, 4) is 0 Å². The average Bonchev–Trinajstić information content (AvgIpc) is 3.34. The van der Waals surface area contributed by atoms with Crippen molar-refractivity contribution in [2.75, 3.05) is 13.2 Å². The molecule has 1 fully saturated rings. The van der Waals surface area contributed by atoms with Crippen molar-refractivity contribution in [3.63, 3.8) is 0 Å². The summed E-state index contributed by atoms with van der Waals surface area (Å²) in [5.74, 6) is -0.190. The summed E-state index contributed by atoms with van der Waals surface area (Å²) in [6, 6.07) is -0.829. The molecule has 1 amide bonds. The molecule has 398 valence electrons. The number of rotatable bonds is 49. The number of hydrogen-bond acceptors (Lipinski definition) is 8. The Hall–Kier alpha value is -1.85. The van der Waals surface area contributed by atoms with Crippen molar-refractivity contribution in [2.24, 2.45) is 0 Å². The number of allylic oxidation sites excluding steroid dienone is 7. The highest BCUT2D eigenvalue weighted by Gasteiger charge is 2.44. The van der Waals surface area contributed by atoms with Gasteiger partial charge in [0.15, 0.2) is 6.29 Å². The maximum atomic E-state index is 13.0. The zero-order valence-corrected chi connectivity index (χ0v) is 44.1. The van der Waals surface area contributed by atoms with Crippen molar-refractivity contribution in [1.29, 1.82) is 0 Å². The fourth-order valence-electron chi connectivity index (χ4n) is 9.01. The number of aliphatic hydroxyl groups is 5. The highest BCUT2D eigenvalue weighted by atomic mass is 16.7. The van der Waals surface area contributed by atoms with Crippen molar-refractivity contribution >= 4 is 5.91 Å². The van der Waals surface area contributed by atoms with Crippen LogP contribution in [0.25, 0.3) is 0 Å². The van der Waals surface area contributed by atoms with Gasteiger partial charge in [0.1, 0.15) is 24.4 Å². The van der Waals surface area contributed by atoms with E-state index in [1.807, 2.05) is 6.08 Å². The predicted octanol–water partition coefficient (Wildman–Crippen LogP) is 14.1. The second-order valence-electron chi connectivity index (χ2n) is 20.1. The summed E-state index contributed by atoms with van der Waals surface area (Å²) in [4.78, 5) is 13.0. The van der Waals surface area contributed by atoms with Gasteiger partial charge in [0.2, 0.25) is 5.91 Å². The monoisotopic (exact) mass is 960 g/mol. The molecule has 0 spiro atoms. The van der Waals surface area contributed by atoms with Gasteiger partial charge in [-0.15, -0.1) is 0 Å². The van der Waals surface area contributed by atoms with Gasteiger partial charge in [-0.05, 0) is 70.6 Å². The number of unbranched alkanes of at least 4 members (excludes halogenated alkanes) is 33. The summed E-state index contributed by atoms with van der Waals surface area (Å²) >= 11 is 0. The van der Waals surface area contributed by atoms with Crippen LogP contribution in [0.15, 0.2) is 48.6 Å². The molecule has 68 heavy (non-hydrogen) atoms. The first kappa shape index (κ1) is 64.2. The number of carbonyl (C=O) groups excluding carboxylic acids is 1. The van der Waals surface area contributed by atoms with Crippen LogP contribution < -0.4 is 5.32 Å². The molecule has 1 heterocycles. The molecule has 1 aliphatic rings. The lowest BCUT2D eigenvalue weighted by molar-refractivity contribution is -0.302. The molecule has 9 nitrogen and oxygen atoms in total. The lowest BCUT2D eigenvalue weighted by Gasteiger charge is -2.40. The van der Waals surface area contributed by atoms with Gasteiger partial charge < -0.3 is 40.3 Å². The van der Waals surface area contributed by atoms with E-state index in [9.17, 15) is 30.3 Å². The molecule has 9 heteroatoms. The van der Waals surface area contributed by atoms with Crippen LogP contribution in [0.5, 0.6) is 0 Å². The van der Waals surface area contributed by atoms with E-state index in [0.717, 1.165) is 44.9 Å². The molecule has 0 aromatic carbocycles. The van der Waals surface area contributed by atoms with Crippen LogP contribution in [-0.2, 0) is 14.3 Å². The fourth-order valence-corrected chi connectivity index (χ4v) is 9.01. The van der Waals surface area contributed by atoms with Crippen LogP contribution >= 0.6 is 0 Å². The molecule has 0 saturated carbocycles. The van der Waals surface area contributed by atoms with Crippen molar-refractivity contribution in [1.82, 2.24) is 5.32 Å². The summed E-state index contributed by atoms with van der Waals surface area (Å²) in [6.07, 6.45) is 57.5. The van der Waals surface area contributed by atoms with E-state index in [1.165, 1.54) is 199 Å². The van der Waals surface area contributed by atoms with E-state index in [0.29, 0.717) is 6.42 Å². The van der Waals surface area contributed by atoms with Crippen LogP contribution in [0.4, 0.5) is 0 Å². The third-order valence-corrected chi connectivity index (χ3v) is 13.6. The SMILES string of the molecule is CCCCCCCCCC/C=C\CCCCCCCCCCCCCC(=O)NC(COC1OC(CO)C(O)C(O)C1O)C(O)/C=C/CC/C=C/CC/C=C/CCCCCCCCCCCCCC. The number of amides is 1. The van der Waals surface area contributed by atoms with E-state index < -0.39 is 49.5 Å². The smallest absolute Gasteiger partial charge is 0.220 e. The fraction of sp³-hybridized carbons (Fsp3) is 0.847. The Labute approximate surface area is 418 Å². The second-order valence-corrected chi connectivity index (χ2v) is 20.1. The Morgan fingerprint density at radius 3 is 1.24 bits per heavy atom. The normalized spacial score (nSPS) is 19.9. The number of nitrogens with one attached hydrogen (secondary N) is 1. The van der Waals surface area contributed by atoms with Crippen LogP contribution in [0.1, 0.15) is 264 Å². The summed E-state index contributed by atoms with van der Waals surface area (Å²) < 4.78 is 11.3. The Bertz CT molecular complexity index is 1210. The van der Waals surface area contributed by atoms with Crippen LogP contribution in [0.3, 0.4) is 0 Å².